The maximum atomic E-state index is 14.0. The van der Waals surface area contributed by atoms with Gasteiger partial charge in [0.25, 0.3) is 0 Å². The Hall–Kier alpha value is -0.0500. The summed E-state index contributed by atoms with van der Waals surface area (Å²) >= 11 is 2.23. The van der Waals surface area contributed by atoms with Crippen LogP contribution in [0.25, 0.3) is 0 Å². The molecule has 1 rings (SSSR count). The molecule has 0 aliphatic carbocycles. The number of sulfonamides is 1. The Kier molecular flexibility index (Phi) is 7.27. The number of ether oxygens (including phenoxy) is 1. The molecule has 0 fully saturated rings. The smallest absolute Gasteiger partial charge is 0.511 e. The molecule has 0 aliphatic rings. The summed E-state index contributed by atoms with van der Waals surface area (Å²) in [5, 5.41) is 0. The van der Waals surface area contributed by atoms with Gasteiger partial charge in [0.1, 0.15) is 16.7 Å². The van der Waals surface area contributed by atoms with Crippen LogP contribution in [0.5, 0.6) is 5.75 Å². The molecule has 7 nitrogen and oxygen atoms in total. The second-order valence-corrected chi connectivity index (χ2v) is 9.29. The van der Waals surface area contributed by atoms with Gasteiger partial charge >= 0.3 is 15.5 Å². The maximum absolute atomic E-state index is 14.0. The predicted octanol–water partition coefficient (Wildman–Crippen LogP) is 1.90. The first-order valence-corrected chi connectivity index (χ1v) is 10.7. The molecule has 0 saturated carbocycles. The van der Waals surface area contributed by atoms with Crippen molar-refractivity contribution in [1.82, 2.24) is 4.72 Å². The van der Waals surface area contributed by atoms with Gasteiger partial charge in [-0.05, 0) is 45.2 Å². The van der Waals surface area contributed by atoms with Crippen molar-refractivity contribution in [3.63, 3.8) is 0 Å². The molecule has 0 amide bonds. The fourth-order valence-electron chi connectivity index (χ4n) is 1.35. The van der Waals surface area contributed by atoms with Crippen molar-refractivity contribution < 1.29 is 48.1 Å². The molecule has 1 aromatic carbocycles. The second kappa shape index (κ2) is 7.90. The Bertz CT molecular complexity index is 858. The van der Waals surface area contributed by atoms with Crippen LogP contribution in [0.15, 0.2) is 4.90 Å². The fourth-order valence-corrected chi connectivity index (χ4v) is 5.65. The molecule has 25 heavy (non-hydrogen) atoms. The van der Waals surface area contributed by atoms with E-state index >= 15 is 0 Å². The Labute approximate surface area is 165 Å². The third-order valence-electron chi connectivity index (χ3n) is 2.38. The van der Waals surface area contributed by atoms with Crippen LogP contribution in [0, 0.1) is 18.8 Å². The summed E-state index contributed by atoms with van der Waals surface area (Å²) in [6.45, 7) is -1.88. The fraction of sp³-hybridized carbons (Fsp3) is 0.333. The van der Waals surface area contributed by atoms with E-state index in [2.05, 4.69) is 4.74 Å². The van der Waals surface area contributed by atoms with Crippen molar-refractivity contribution in [2.24, 2.45) is 0 Å². The first kappa shape index (κ1) is 23.0. The van der Waals surface area contributed by atoms with Crippen LogP contribution in [0.2, 0.25) is 0 Å². The number of hydrogen-bond donors (Lipinski definition) is 1. The number of alkyl halides is 3. The van der Waals surface area contributed by atoms with E-state index in [1.807, 2.05) is 0 Å². The van der Waals surface area contributed by atoms with Crippen molar-refractivity contribution in [2.45, 2.75) is 10.4 Å². The normalized spacial score (nSPS) is 13.1. The quantitative estimate of drug-likeness (QED) is 0.168. The van der Waals surface area contributed by atoms with Gasteiger partial charge in [-0.3, -0.25) is 0 Å². The molecule has 0 saturated heterocycles. The molecule has 0 aromatic heterocycles. The standard InChI is InChI=1S/C9H6F5I2NO6S2/c10-3-5(15)8(24(18,19)20)6(16)4(11)7(3)23-2-1-17-25(21,22)9(12,13)14/h17H,1-2H2,(H,18,19,20)/p-1. The van der Waals surface area contributed by atoms with E-state index in [9.17, 15) is 43.3 Å². The Balaban J connectivity index is 3.03. The lowest BCUT2D eigenvalue weighted by Crippen LogP contribution is -2.38. The van der Waals surface area contributed by atoms with Gasteiger partial charge in [-0.1, -0.05) is 0 Å². The van der Waals surface area contributed by atoms with Gasteiger partial charge in [0.05, 0.1) is 12.0 Å². The third-order valence-corrected chi connectivity index (χ3v) is 7.24. The summed E-state index contributed by atoms with van der Waals surface area (Å²) in [6, 6.07) is 0. The molecule has 0 heterocycles. The molecule has 0 radical (unpaired) electrons. The molecular weight excluding hydrogens is 631 g/mol. The Morgan fingerprint density at radius 1 is 1.04 bits per heavy atom. The van der Waals surface area contributed by atoms with Crippen molar-refractivity contribution in [3.8, 4) is 5.75 Å². The van der Waals surface area contributed by atoms with Crippen LogP contribution in [0.4, 0.5) is 22.0 Å². The van der Waals surface area contributed by atoms with Gasteiger partial charge < -0.3 is 9.29 Å². The summed E-state index contributed by atoms with van der Waals surface area (Å²) < 4.78 is 123. The summed E-state index contributed by atoms with van der Waals surface area (Å²) in [6.07, 6.45) is 0. The van der Waals surface area contributed by atoms with Crippen LogP contribution in [-0.2, 0) is 20.1 Å². The zero-order valence-electron chi connectivity index (χ0n) is 11.3. The van der Waals surface area contributed by atoms with E-state index in [4.69, 9.17) is 0 Å². The molecule has 0 aliphatic heterocycles. The average molecular weight is 636 g/mol. The summed E-state index contributed by atoms with van der Waals surface area (Å²) in [7, 11) is -10.9. The SMILES string of the molecule is O=S(=O)([O-])c1c(I)c(F)c(OCCNS(=O)(=O)C(F)(F)F)c(F)c1I. The lowest BCUT2D eigenvalue weighted by Gasteiger charge is -2.17. The highest BCUT2D eigenvalue weighted by Crippen LogP contribution is 2.36. The van der Waals surface area contributed by atoms with Crippen LogP contribution in [0.3, 0.4) is 0 Å². The first-order chi connectivity index (χ1) is 11.1. The Morgan fingerprint density at radius 3 is 1.84 bits per heavy atom. The van der Waals surface area contributed by atoms with Crippen LogP contribution in [0.1, 0.15) is 0 Å². The van der Waals surface area contributed by atoms with E-state index < -0.39 is 68.2 Å². The Morgan fingerprint density at radius 2 is 1.48 bits per heavy atom. The van der Waals surface area contributed by atoms with E-state index in [0.717, 1.165) is 49.9 Å². The zero-order valence-corrected chi connectivity index (χ0v) is 17.3. The highest BCUT2D eigenvalue weighted by Gasteiger charge is 2.45. The van der Waals surface area contributed by atoms with Crippen molar-refractivity contribution in [2.75, 3.05) is 13.2 Å². The molecule has 0 spiro atoms. The van der Waals surface area contributed by atoms with E-state index in [1.165, 1.54) is 0 Å². The van der Waals surface area contributed by atoms with Gasteiger partial charge in [-0.2, -0.15) is 13.2 Å². The van der Waals surface area contributed by atoms with Crippen LogP contribution in [-0.4, -0.2) is 40.0 Å². The average Bonchev–Trinajstić information content (AvgIpc) is 2.41. The van der Waals surface area contributed by atoms with Gasteiger partial charge in [0.15, 0.2) is 17.4 Å². The minimum absolute atomic E-state index is 0.774. The zero-order chi connectivity index (χ0) is 19.8. The van der Waals surface area contributed by atoms with Gasteiger partial charge in [0.2, 0.25) is 0 Å². The largest absolute Gasteiger partial charge is 0.744 e. The van der Waals surface area contributed by atoms with Crippen LogP contribution < -0.4 is 9.46 Å². The first-order valence-electron chi connectivity index (χ1n) is 5.61. The third kappa shape index (κ3) is 5.23. The molecule has 1 N–H and O–H groups in total. The minimum Gasteiger partial charge on any atom is -0.744 e. The lowest BCUT2D eigenvalue weighted by atomic mass is 10.3. The molecule has 1 aromatic rings. The van der Waals surface area contributed by atoms with E-state index in [1.54, 1.807) is 0 Å². The highest BCUT2D eigenvalue weighted by atomic mass is 127. The number of rotatable bonds is 6. The number of nitrogens with one attached hydrogen (secondary N) is 1. The van der Waals surface area contributed by atoms with Gasteiger partial charge in [0, 0.05) is 6.54 Å². The molecule has 0 atom stereocenters. The van der Waals surface area contributed by atoms with Crippen molar-refractivity contribution >= 4 is 65.3 Å². The molecule has 0 bridgehead atoms. The van der Waals surface area contributed by atoms with Crippen LogP contribution >= 0.6 is 45.2 Å². The number of benzene rings is 1. The number of hydrogen-bond acceptors (Lipinski definition) is 6. The summed E-state index contributed by atoms with van der Waals surface area (Å²) in [4.78, 5) is -1.14. The highest BCUT2D eigenvalue weighted by molar-refractivity contribution is 14.1. The molecule has 16 heteroatoms. The molecule has 0 unspecified atom stereocenters. The molecular formula is C9H5F5I2NO6S2-. The molecule has 144 valence electrons. The topological polar surface area (TPSA) is 113 Å². The van der Waals surface area contributed by atoms with Crippen molar-refractivity contribution in [1.29, 1.82) is 0 Å². The van der Waals surface area contributed by atoms with E-state index in [0.29, 0.717) is 0 Å². The monoisotopic (exact) mass is 636 g/mol. The van der Waals surface area contributed by atoms with E-state index in [-0.39, 0.29) is 0 Å². The second-order valence-electron chi connectivity index (χ2n) is 4.06. The lowest BCUT2D eigenvalue weighted by molar-refractivity contribution is -0.0448. The maximum Gasteiger partial charge on any atom is 0.511 e. The predicted molar refractivity (Wildman–Crippen MR) is 88.2 cm³/mol. The van der Waals surface area contributed by atoms with Crippen molar-refractivity contribution in [3.05, 3.63) is 18.8 Å². The van der Waals surface area contributed by atoms with Gasteiger partial charge in [-0.25, -0.2) is 30.3 Å². The van der Waals surface area contributed by atoms with Gasteiger partial charge in [-0.15, -0.1) is 0 Å². The minimum atomic E-state index is -5.66. The summed E-state index contributed by atoms with van der Waals surface area (Å²) in [5.74, 6) is -4.29. The summed E-state index contributed by atoms with van der Waals surface area (Å²) in [5.41, 5.74) is -5.57. The number of halogens is 7.